The molecule has 1 saturated heterocycles. The molecule has 2 amide bonds. The molecule has 1 aromatic carbocycles. The zero-order valence-electron chi connectivity index (χ0n) is 18.6. The SMILES string of the molecule is O=C(NCc1ccccn1)C1CCCN(C(=O)c2cc3ccsc3n2Cc2cccc(Cl)c2)C1. The third kappa shape index (κ3) is 4.86. The molecule has 0 saturated carbocycles. The molecule has 0 spiro atoms. The molecule has 1 fully saturated rings. The molecule has 6 nitrogen and oxygen atoms in total. The molecule has 0 radical (unpaired) electrons. The predicted octanol–water partition coefficient (Wildman–Crippen LogP) is 4.97. The number of hydrogen-bond donors (Lipinski definition) is 1. The second kappa shape index (κ2) is 9.99. The summed E-state index contributed by atoms with van der Waals surface area (Å²) in [6.07, 6.45) is 3.29. The van der Waals surface area contributed by atoms with E-state index in [1.165, 1.54) is 0 Å². The summed E-state index contributed by atoms with van der Waals surface area (Å²) in [5.41, 5.74) is 2.51. The maximum absolute atomic E-state index is 13.6. The van der Waals surface area contributed by atoms with Gasteiger partial charge in [-0.05, 0) is 60.2 Å². The van der Waals surface area contributed by atoms with Crippen LogP contribution in [0.4, 0.5) is 0 Å². The van der Waals surface area contributed by atoms with E-state index in [9.17, 15) is 9.59 Å². The average molecular weight is 493 g/mol. The third-order valence-corrected chi connectivity index (χ3v) is 7.39. The van der Waals surface area contributed by atoms with Crippen LogP contribution in [-0.4, -0.2) is 39.4 Å². The number of pyridine rings is 1. The summed E-state index contributed by atoms with van der Waals surface area (Å²) in [5, 5.41) is 6.75. The van der Waals surface area contributed by atoms with E-state index in [4.69, 9.17) is 11.6 Å². The van der Waals surface area contributed by atoms with Crippen molar-refractivity contribution in [3.63, 3.8) is 0 Å². The molecule has 5 rings (SSSR count). The number of nitrogens with one attached hydrogen (secondary N) is 1. The Morgan fingerprint density at radius 3 is 2.88 bits per heavy atom. The number of aromatic nitrogens is 2. The molecule has 8 heteroatoms. The number of carbonyl (C=O) groups is 2. The van der Waals surface area contributed by atoms with Crippen molar-refractivity contribution < 1.29 is 9.59 Å². The Labute approximate surface area is 207 Å². The number of halogens is 1. The number of likely N-dealkylation sites (tertiary alicyclic amines) is 1. The van der Waals surface area contributed by atoms with Crippen molar-refractivity contribution >= 4 is 45.0 Å². The maximum atomic E-state index is 13.6. The van der Waals surface area contributed by atoms with Crippen LogP contribution >= 0.6 is 22.9 Å². The number of carbonyl (C=O) groups excluding carboxylic acids is 2. The highest BCUT2D eigenvalue weighted by Crippen LogP contribution is 2.29. The summed E-state index contributed by atoms with van der Waals surface area (Å²) < 4.78 is 2.07. The lowest BCUT2D eigenvalue weighted by Crippen LogP contribution is -2.45. The summed E-state index contributed by atoms with van der Waals surface area (Å²) in [5.74, 6) is -0.287. The molecule has 3 aromatic heterocycles. The molecule has 1 atom stereocenters. The summed E-state index contributed by atoms with van der Waals surface area (Å²) in [6, 6.07) is 17.4. The van der Waals surface area contributed by atoms with Gasteiger partial charge < -0.3 is 14.8 Å². The minimum atomic E-state index is -0.223. The first-order valence-electron chi connectivity index (χ1n) is 11.4. The van der Waals surface area contributed by atoms with Gasteiger partial charge in [0, 0.05) is 36.2 Å². The van der Waals surface area contributed by atoms with Crippen molar-refractivity contribution in [1.29, 1.82) is 0 Å². The molecule has 1 unspecified atom stereocenters. The second-order valence-corrected chi connectivity index (χ2v) is 9.89. The number of thiophene rings is 1. The highest BCUT2D eigenvalue weighted by molar-refractivity contribution is 7.16. The first-order chi connectivity index (χ1) is 16.6. The predicted molar refractivity (Wildman–Crippen MR) is 135 cm³/mol. The molecule has 4 heterocycles. The molecule has 4 aromatic rings. The van der Waals surface area contributed by atoms with E-state index >= 15 is 0 Å². The Kier molecular flexibility index (Phi) is 6.65. The fourth-order valence-electron chi connectivity index (χ4n) is 4.49. The molecule has 174 valence electrons. The maximum Gasteiger partial charge on any atom is 0.270 e. The molecular formula is C26H25ClN4O2S. The quantitative estimate of drug-likeness (QED) is 0.413. The molecule has 0 bridgehead atoms. The highest BCUT2D eigenvalue weighted by Gasteiger charge is 2.30. The van der Waals surface area contributed by atoms with Gasteiger partial charge in [0.25, 0.3) is 5.91 Å². The average Bonchev–Trinajstić information content (AvgIpc) is 3.45. The van der Waals surface area contributed by atoms with Crippen LogP contribution in [0.2, 0.25) is 5.02 Å². The van der Waals surface area contributed by atoms with Gasteiger partial charge in [0.15, 0.2) is 0 Å². The number of amides is 2. The van der Waals surface area contributed by atoms with Gasteiger partial charge in [0.1, 0.15) is 10.5 Å². The fraction of sp³-hybridized carbons (Fsp3) is 0.269. The molecule has 1 aliphatic rings. The van der Waals surface area contributed by atoms with E-state index < -0.39 is 0 Å². The smallest absolute Gasteiger partial charge is 0.270 e. The van der Waals surface area contributed by atoms with Crippen LogP contribution in [0, 0.1) is 5.92 Å². The number of piperidine rings is 1. The molecule has 0 aliphatic carbocycles. The van der Waals surface area contributed by atoms with E-state index in [0.717, 1.165) is 34.3 Å². The van der Waals surface area contributed by atoms with Gasteiger partial charge in [-0.25, -0.2) is 0 Å². The lowest BCUT2D eigenvalue weighted by Gasteiger charge is -2.32. The summed E-state index contributed by atoms with van der Waals surface area (Å²) in [4.78, 5) is 33.6. The van der Waals surface area contributed by atoms with E-state index in [1.807, 2.05) is 64.9 Å². The van der Waals surface area contributed by atoms with Crippen molar-refractivity contribution in [2.24, 2.45) is 5.92 Å². The van der Waals surface area contributed by atoms with Gasteiger partial charge in [-0.2, -0.15) is 0 Å². The lowest BCUT2D eigenvalue weighted by atomic mass is 9.96. The zero-order chi connectivity index (χ0) is 23.5. The van der Waals surface area contributed by atoms with Crippen LogP contribution < -0.4 is 5.32 Å². The Morgan fingerprint density at radius 2 is 2.06 bits per heavy atom. The van der Waals surface area contributed by atoms with Gasteiger partial charge >= 0.3 is 0 Å². The molecule has 34 heavy (non-hydrogen) atoms. The minimum Gasteiger partial charge on any atom is -0.350 e. The molecule has 1 aliphatic heterocycles. The minimum absolute atomic E-state index is 0.0292. The van der Waals surface area contributed by atoms with Crippen LogP contribution in [0.15, 0.2) is 66.2 Å². The topological polar surface area (TPSA) is 67.2 Å². The number of fused-ring (bicyclic) bond motifs is 1. The highest BCUT2D eigenvalue weighted by atomic mass is 35.5. The van der Waals surface area contributed by atoms with Crippen molar-refractivity contribution in [2.75, 3.05) is 13.1 Å². The van der Waals surface area contributed by atoms with E-state index in [2.05, 4.69) is 14.9 Å². The van der Waals surface area contributed by atoms with Crippen molar-refractivity contribution in [3.8, 4) is 0 Å². The van der Waals surface area contributed by atoms with Gasteiger partial charge in [0.05, 0.1) is 18.2 Å². The van der Waals surface area contributed by atoms with Gasteiger partial charge in [0.2, 0.25) is 5.91 Å². The summed E-state index contributed by atoms with van der Waals surface area (Å²) in [7, 11) is 0. The van der Waals surface area contributed by atoms with Crippen molar-refractivity contribution in [1.82, 2.24) is 19.8 Å². The third-order valence-electron chi connectivity index (χ3n) is 6.20. The summed E-state index contributed by atoms with van der Waals surface area (Å²) >= 11 is 7.81. The molecule has 1 N–H and O–H groups in total. The van der Waals surface area contributed by atoms with Crippen LogP contribution in [0.25, 0.3) is 10.2 Å². The van der Waals surface area contributed by atoms with E-state index in [0.29, 0.717) is 36.9 Å². The Morgan fingerprint density at radius 1 is 1.15 bits per heavy atom. The fourth-order valence-corrected chi connectivity index (χ4v) is 5.60. The monoisotopic (exact) mass is 492 g/mol. The lowest BCUT2D eigenvalue weighted by molar-refractivity contribution is -0.126. The number of hydrogen-bond acceptors (Lipinski definition) is 4. The Balaban J connectivity index is 1.32. The van der Waals surface area contributed by atoms with Gasteiger partial charge in [-0.1, -0.05) is 29.8 Å². The molecular weight excluding hydrogens is 468 g/mol. The van der Waals surface area contributed by atoms with Crippen molar-refractivity contribution in [2.45, 2.75) is 25.9 Å². The Bertz CT molecular complexity index is 1320. The normalized spacial score (nSPS) is 16.0. The standard InChI is InChI=1S/C26H25ClN4O2S/c27-21-7-3-5-18(13-21)16-31-23(14-19-9-12-34-26(19)31)25(33)30-11-4-6-20(17-30)24(32)29-15-22-8-1-2-10-28-22/h1-3,5,7-10,12-14,20H,4,6,11,15-17H2,(H,29,32). The largest absolute Gasteiger partial charge is 0.350 e. The first-order valence-corrected chi connectivity index (χ1v) is 12.6. The van der Waals surface area contributed by atoms with Crippen LogP contribution in [0.5, 0.6) is 0 Å². The van der Waals surface area contributed by atoms with Gasteiger partial charge in [-0.15, -0.1) is 11.3 Å². The Hall–Kier alpha value is -3.16. The number of benzene rings is 1. The van der Waals surface area contributed by atoms with E-state index in [1.54, 1.807) is 17.5 Å². The zero-order valence-corrected chi connectivity index (χ0v) is 20.2. The van der Waals surface area contributed by atoms with Crippen LogP contribution in [0.1, 0.15) is 34.6 Å². The van der Waals surface area contributed by atoms with Crippen LogP contribution in [0.3, 0.4) is 0 Å². The van der Waals surface area contributed by atoms with E-state index in [-0.39, 0.29) is 17.7 Å². The van der Waals surface area contributed by atoms with Crippen molar-refractivity contribution in [3.05, 3.63) is 88.1 Å². The first kappa shape index (κ1) is 22.6. The summed E-state index contributed by atoms with van der Waals surface area (Å²) in [6.45, 7) is 2.03. The number of rotatable bonds is 6. The van der Waals surface area contributed by atoms with Crippen LogP contribution in [-0.2, 0) is 17.9 Å². The number of nitrogens with zero attached hydrogens (tertiary/aromatic N) is 3. The second-order valence-electron chi connectivity index (χ2n) is 8.56. The van der Waals surface area contributed by atoms with Gasteiger partial charge in [-0.3, -0.25) is 14.6 Å².